The lowest BCUT2D eigenvalue weighted by Gasteiger charge is -2.17. The molecule has 0 spiro atoms. The summed E-state index contributed by atoms with van der Waals surface area (Å²) in [5.74, 6) is -0.370. The topological polar surface area (TPSA) is 62.3 Å². The summed E-state index contributed by atoms with van der Waals surface area (Å²) in [5.41, 5.74) is 2.66. The molecule has 2 amide bonds. The minimum absolute atomic E-state index is 0.0906. The summed E-state index contributed by atoms with van der Waals surface area (Å²) >= 11 is 6.06. The first-order valence-corrected chi connectivity index (χ1v) is 9.22. The smallest absolute Gasteiger partial charge is 0.255 e. The molecule has 1 N–H and O–H groups in total. The number of nitrogens with one attached hydrogen (secondary N) is 1. The van der Waals surface area contributed by atoms with E-state index in [-0.39, 0.29) is 11.8 Å². The molecule has 0 unspecified atom stereocenters. The summed E-state index contributed by atoms with van der Waals surface area (Å²) in [6.07, 6.45) is 4.23. The van der Waals surface area contributed by atoms with Gasteiger partial charge in [-0.15, -0.1) is 0 Å². The van der Waals surface area contributed by atoms with Crippen molar-refractivity contribution in [2.45, 2.75) is 6.42 Å². The number of benzene rings is 2. The lowest BCUT2D eigenvalue weighted by molar-refractivity contribution is 0.0796. The van der Waals surface area contributed by atoms with Crippen LogP contribution in [-0.4, -0.2) is 35.3 Å². The van der Waals surface area contributed by atoms with Gasteiger partial charge in [0.1, 0.15) is 0 Å². The fourth-order valence-corrected chi connectivity index (χ4v) is 2.87. The Kier molecular flexibility index (Phi) is 6.40. The van der Waals surface area contributed by atoms with Crippen LogP contribution in [0.5, 0.6) is 0 Å². The van der Waals surface area contributed by atoms with Gasteiger partial charge in [0, 0.05) is 37.1 Å². The molecule has 142 valence electrons. The highest BCUT2D eigenvalue weighted by atomic mass is 35.5. The van der Waals surface area contributed by atoms with Crippen LogP contribution in [0, 0.1) is 0 Å². The van der Waals surface area contributed by atoms with Gasteiger partial charge in [-0.1, -0.05) is 23.7 Å². The van der Waals surface area contributed by atoms with Gasteiger partial charge in [-0.2, -0.15) is 0 Å². The molecule has 3 aromatic rings. The molecule has 0 saturated heterocycles. The van der Waals surface area contributed by atoms with Crippen LogP contribution >= 0.6 is 11.6 Å². The van der Waals surface area contributed by atoms with Crippen LogP contribution < -0.4 is 5.32 Å². The van der Waals surface area contributed by atoms with Crippen molar-refractivity contribution in [2.75, 3.05) is 18.9 Å². The summed E-state index contributed by atoms with van der Waals surface area (Å²) in [6.45, 7) is 0.595. The fourth-order valence-electron chi connectivity index (χ4n) is 2.69. The summed E-state index contributed by atoms with van der Waals surface area (Å²) in [4.78, 5) is 30.6. The minimum atomic E-state index is -0.279. The van der Waals surface area contributed by atoms with Crippen molar-refractivity contribution in [3.63, 3.8) is 0 Å². The van der Waals surface area contributed by atoms with E-state index < -0.39 is 0 Å². The number of likely N-dealkylation sites (N-methyl/N-ethyl adjacent to an activating group) is 1. The Morgan fingerprint density at radius 2 is 1.61 bits per heavy atom. The lowest BCUT2D eigenvalue weighted by Crippen LogP contribution is -2.28. The number of nitrogens with zero attached hydrogens (tertiary/aromatic N) is 2. The van der Waals surface area contributed by atoms with Gasteiger partial charge in [0.2, 0.25) is 0 Å². The third-order valence-corrected chi connectivity index (χ3v) is 4.68. The average Bonchev–Trinajstić information content (AvgIpc) is 2.74. The van der Waals surface area contributed by atoms with Gasteiger partial charge in [0.25, 0.3) is 11.8 Å². The average molecular weight is 394 g/mol. The summed E-state index contributed by atoms with van der Waals surface area (Å²) in [6, 6.07) is 17.5. The van der Waals surface area contributed by atoms with Crippen LogP contribution in [0.3, 0.4) is 0 Å². The van der Waals surface area contributed by atoms with E-state index in [1.807, 2.05) is 12.1 Å². The molecule has 0 fully saturated rings. The Balaban J connectivity index is 1.60. The standard InChI is InChI=1S/C22H20ClN3O2/c1-26(15-12-16-10-13-24-14-11-16)22(28)18-8-6-17(7-9-18)21(27)25-20-5-3-2-4-19(20)23/h2-11,13-14H,12,15H2,1H3,(H,25,27). The van der Waals surface area contributed by atoms with Crippen LogP contribution in [0.15, 0.2) is 73.1 Å². The van der Waals surface area contributed by atoms with E-state index in [0.717, 1.165) is 12.0 Å². The normalized spacial score (nSPS) is 10.4. The third kappa shape index (κ3) is 4.96. The van der Waals surface area contributed by atoms with Crippen molar-refractivity contribution < 1.29 is 9.59 Å². The van der Waals surface area contributed by atoms with Gasteiger partial charge < -0.3 is 10.2 Å². The molecule has 0 bridgehead atoms. The summed E-state index contributed by atoms with van der Waals surface area (Å²) < 4.78 is 0. The molecule has 0 saturated carbocycles. The monoisotopic (exact) mass is 393 g/mol. The van der Waals surface area contributed by atoms with E-state index >= 15 is 0 Å². The highest BCUT2D eigenvalue weighted by Crippen LogP contribution is 2.21. The van der Waals surface area contributed by atoms with Crippen LogP contribution in [0.2, 0.25) is 5.02 Å². The van der Waals surface area contributed by atoms with Crippen molar-refractivity contribution in [1.82, 2.24) is 9.88 Å². The number of carbonyl (C=O) groups excluding carboxylic acids is 2. The maximum Gasteiger partial charge on any atom is 0.255 e. The molecule has 0 radical (unpaired) electrons. The predicted molar refractivity (Wildman–Crippen MR) is 111 cm³/mol. The molecule has 3 rings (SSSR count). The Bertz CT molecular complexity index is 959. The van der Waals surface area contributed by atoms with Gasteiger partial charge in [0.15, 0.2) is 0 Å². The number of anilines is 1. The third-order valence-electron chi connectivity index (χ3n) is 4.35. The number of pyridine rings is 1. The van der Waals surface area contributed by atoms with Crippen LogP contribution in [0.4, 0.5) is 5.69 Å². The lowest BCUT2D eigenvalue weighted by atomic mass is 10.1. The number of aromatic nitrogens is 1. The van der Waals surface area contributed by atoms with Crippen molar-refractivity contribution in [1.29, 1.82) is 0 Å². The van der Waals surface area contributed by atoms with Gasteiger partial charge in [-0.25, -0.2) is 0 Å². The van der Waals surface area contributed by atoms with E-state index in [4.69, 9.17) is 11.6 Å². The van der Waals surface area contributed by atoms with Gasteiger partial charge >= 0.3 is 0 Å². The Morgan fingerprint density at radius 3 is 2.29 bits per heavy atom. The number of hydrogen-bond acceptors (Lipinski definition) is 3. The largest absolute Gasteiger partial charge is 0.341 e. The second-order valence-electron chi connectivity index (χ2n) is 6.34. The van der Waals surface area contributed by atoms with Crippen molar-refractivity contribution in [3.05, 3.63) is 94.8 Å². The number of amides is 2. The number of carbonyl (C=O) groups is 2. The van der Waals surface area contributed by atoms with Crippen molar-refractivity contribution in [2.24, 2.45) is 0 Å². The summed E-state index contributed by atoms with van der Waals surface area (Å²) in [7, 11) is 1.77. The van der Waals surface area contributed by atoms with Crippen molar-refractivity contribution >= 4 is 29.1 Å². The number of rotatable bonds is 6. The van der Waals surface area contributed by atoms with Crippen molar-refractivity contribution in [3.8, 4) is 0 Å². The minimum Gasteiger partial charge on any atom is -0.341 e. The Labute approximate surface area is 169 Å². The second-order valence-corrected chi connectivity index (χ2v) is 6.75. The molecular formula is C22H20ClN3O2. The maximum atomic E-state index is 12.6. The molecule has 1 heterocycles. The number of hydrogen-bond donors (Lipinski definition) is 1. The number of halogens is 1. The molecule has 1 aromatic heterocycles. The van der Waals surface area contributed by atoms with E-state index in [0.29, 0.717) is 28.4 Å². The van der Waals surface area contributed by atoms with Crippen LogP contribution in [0.1, 0.15) is 26.3 Å². The SMILES string of the molecule is CN(CCc1ccncc1)C(=O)c1ccc(C(=O)Nc2ccccc2Cl)cc1. The van der Waals surface area contributed by atoms with Crippen LogP contribution in [-0.2, 0) is 6.42 Å². The molecular weight excluding hydrogens is 374 g/mol. The molecule has 0 aliphatic carbocycles. The quantitative estimate of drug-likeness (QED) is 0.679. The van der Waals surface area contributed by atoms with Gasteiger partial charge in [-0.3, -0.25) is 14.6 Å². The first-order chi connectivity index (χ1) is 13.5. The molecule has 28 heavy (non-hydrogen) atoms. The maximum absolute atomic E-state index is 12.6. The Hall–Kier alpha value is -3.18. The van der Waals surface area contributed by atoms with E-state index in [9.17, 15) is 9.59 Å². The molecule has 2 aromatic carbocycles. The zero-order valence-electron chi connectivity index (χ0n) is 15.4. The highest BCUT2D eigenvalue weighted by molar-refractivity contribution is 6.33. The predicted octanol–water partition coefficient (Wildman–Crippen LogP) is 4.30. The fraction of sp³-hybridized carbons (Fsp3) is 0.136. The van der Waals surface area contributed by atoms with Gasteiger partial charge in [-0.05, 0) is 60.5 Å². The van der Waals surface area contributed by atoms with E-state index in [2.05, 4.69) is 10.3 Å². The zero-order chi connectivity index (χ0) is 19.9. The number of para-hydroxylation sites is 1. The highest BCUT2D eigenvalue weighted by Gasteiger charge is 2.13. The molecule has 5 nitrogen and oxygen atoms in total. The molecule has 0 atom stereocenters. The summed E-state index contributed by atoms with van der Waals surface area (Å²) in [5, 5.41) is 3.24. The molecule has 0 aliphatic heterocycles. The first-order valence-electron chi connectivity index (χ1n) is 8.85. The zero-order valence-corrected chi connectivity index (χ0v) is 16.2. The Morgan fingerprint density at radius 1 is 0.964 bits per heavy atom. The molecule has 6 heteroatoms. The van der Waals surface area contributed by atoms with E-state index in [1.165, 1.54) is 0 Å². The van der Waals surface area contributed by atoms with E-state index in [1.54, 1.807) is 72.9 Å². The van der Waals surface area contributed by atoms with Gasteiger partial charge in [0.05, 0.1) is 10.7 Å². The first kappa shape index (κ1) is 19.6. The molecule has 0 aliphatic rings. The van der Waals surface area contributed by atoms with Crippen LogP contribution in [0.25, 0.3) is 0 Å². The second kappa shape index (κ2) is 9.15.